The Hall–Kier alpha value is -0.670. The van der Waals surface area contributed by atoms with Crippen LogP contribution in [0.4, 0.5) is 0 Å². The summed E-state index contributed by atoms with van der Waals surface area (Å²) in [6, 6.07) is 0.194. The monoisotopic (exact) mass is 309 g/mol. The molecule has 3 saturated heterocycles. The standard InChI is InChI=1S/C11H19N3O5.ClH/c1-12-2-4-13(5-3-12)8-6-17-11-9(19-14(15)16)7-18-10(8)11;/h8-11H,2-7H2,1H3;1H/t8-,9-,10+,11+;/m0./s1. The average Bonchev–Trinajstić information content (AvgIpc) is 2.93. The third-order valence-electron chi connectivity index (χ3n) is 4.21. The average molecular weight is 310 g/mol. The lowest BCUT2D eigenvalue weighted by Gasteiger charge is -2.37. The van der Waals surface area contributed by atoms with Gasteiger partial charge in [-0.2, -0.15) is 0 Å². The molecule has 9 heteroatoms. The second kappa shape index (κ2) is 6.40. The van der Waals surface area contributed by atoms with E-state index in [1.807, 2.05) is 0 Å². The molecule has 0 aliphatic carbocycles. The first-order valence-electron chi connectivity index (χ1n) is 6.62. The van der Waals surface area contributed by atoms with Gasteiger partial charge in [0, 0.05) is 26.2 Å². The van der Waals surface area contributed by atoms with E-state index in [0.29, 0.717) is 6.61 Å². The summed E-state index contributed by atoms with van der Waals surface area (Å²) in [4.78, 5) is 19.7. The van der Waals surface area contributed by atoms with Crippen molar-refractivity contribution in [3.63, 3.8) is 0 Å². The molecular formula is C11H20ClN3O5. The summed E-state index contributed by atoms with van der Waals surface area (Å²) in [5, 5.41) is 9.66. The molecule has 4 atom stereocenters. The molecule has 0 bridgehead atoms. The molecule has 0 saturated carbocycles. The molecule has 0 aromatic rings. The highest BCUT2D eigenvalue weighted by Gasteiger charge is 2.51. The molecule has 3 aliphatic rings. The molecule has 3 rings (SSSR count). The van der Waals surface area contributed by atoms with Gasteiger partial charge >= 0.3 is 0 Å². The molecule has 20 heavy (non-hydrogen) atoms. The van der Waals surface area contributed by atoms with Crippen LogP contribution in [-0.4, -0.2) is 85.7 Å². The van der Waals surface area contributed by atoms with E-state index in [-0.39, 0.29) is 37.3 Å². The van der Waals surface area contributed by atoms with E-state index in [1.54, 1.807) is 0 Å². The predicted octanol–water partition coefficient (Wildman–Crippen LogP) is -0.601. The zero-order valence-corrected chi connectivity index (χ0v) is 12.2. The van der Waals surface area contributed by atoms with E-state index in [0.717, 1.165) is 26.2 Å². The number of hydrogen-bond donors (Lipinski definition) is 0. The van der Waals surface area contributed by atoms with Crippen molar-refractivity contribution in [1.82, 2.24) is 9.80 Å². The molecule has 116 valence electrons. The fraction of sp³-hybridized carbons (Fsp3) is 1.00. The molecule has 0 N–H and O–H groups in total. The first-order chi connectivity index (χ1) is 9.15. The molecule has 0 spiro atoms. The van der Waals surface area contributed by atoms with Gasteiger partial charge in [-0.05, 0) is 7.05 Å². The van der Waals surface area contributed by atoms with Gasteiger partial charge in [-0.3, -0.25) is 4.90 Å². The molecule has 3 heterocycles. The molecule has 0 radical (unpaired) electrons. The van der Waals surface area contributed by atoms with Crippen molar-refractivity contribution in [3.8, 4) is 0 Å². The minimum atomic E-state index is -0.761. The second-order valence-corrected chi connectivity index (χ2v) is 5.37. The number of nitrogens with zero attached hydrogens (tertiary/aromatic N) is 3. The van der Waals surface area contributed by atoms with E-state index < -0.39 is 11.2 Å². The quantitative estimate of drug-likeness (QED) is 0.509. The topological polar surface area (TPSA) is 77.3 Å². The molecule has 0 amide bonds. The number of rotatable bonds is 3. The van der Waals surface area contributed by atoms with Crippen LogP contribution in [0.3, 0.4) is 0 Å². The number of piperazine rings is 1. The summed E-state index contributed by atoms with van der Waals surface area (Å²) in [5.74, 6) is 0. The normalized spacial score (nSPS) is 38.2. The molecule has 3 aliphatic heterocycles. The number of likely N-dealkylation sites (N-methyl/N-ethyl adjacent to an activating group) is 1. The molecule has 0 aromatic heterocycles. The van der Waals surface area contributed by atoms with Crippen LogP contribution in [0.2, 0.25) is 0 Å². The molecule has 0 aromatic carbocycles. The summed E-state index contributed by atoms with van der Waals surface area (Å²) in [6.45, 7) is 4.83. The van der Waals surface area contributed by atoms with Gasteiger partial charge in [0.15, 0.2) is 6.10 Å². The summed E-state index contributed by atoms with van der Waals surface area (Å²) in [7, 11) is 2.11. The van der Waals surface area contributed by atoms with Crippen LogP contribution in [0.15, 0.2) is 0 Å². The Balaban J connectivity index is 0.00000147. The first-order valence-corrected chi connectivity index (χ1v) is 6.62. The molecule has 3 fully saturated rings. The van der Waals surface area contributed by atoms with Crippen LogP contribution < -0.4 is 0 Å². The third kappa shape index (κ3) is 2.99. The van der Waals surface area contributed by atoms with Crippen LogP contribution in [0.25, 0.3) is 0 Å². The Morgan fingerprint density at radius 3 is 2.45 bits per heavy atom. The maximum atomic E-state index is 10.4. The second-order valence-electron chi connectivity index (χ2n) is 5.37. The smallest absolute Gasteiger partial charge is 0.294 e. The highest BCUT2D eigenvalue weighted by atomic mass is 35.5. The van der Waals surface area contributed by atoms with Crippen LogP contribution in [0.1, 0.15) is 0 Å². The highest BCUT2D eigenvalue weighted by Crippen LogP contribution is 2.31. The van der Waals surface area contributed by atoms with Crippen LogP contribution in [0.5, 0.6) is 0 Å². The van der Waals surface area contributed by atoms with Crippen LogP contribution >= 0.6 is 12.4 Å². The van der Waals surface area contributed by atoms with Gasteiger partial charge < -0.3 is 19.2 Å². The van der Waals surface area contributed by atoms with Crippen molar-refractivity contribution >= 4 is 12.4 Å². The Morgan fingerprint density at radius 2 is 1.80 bits per heavy atom. The lowest BCUT2D eigenvalue weighted by Crippen LogP contribution is -2.53. The van der Waals surface area contributed by atoms with Gasteiger partial charge in [0.05, 0.1) is 19.3 Å². The Morgan fingerprint density at radius 1 is 1.15 bits per heavy atom. The number of ether oxygens (including phenoxy) is 2. The molecule has 8 nitrogen and oxygen atoms in total. The van der Waals surface area contributed by atoms with Crippen molar-refractivity contribution in [2.24, 2.45) is 0 Å². The van der Waals surface area contributed by atoms with Gasteiger partial charge in [0.25, 0.3) is 5.09 Å². The van der Waals surface area contributed by atoms with Crippen LogP contribution in [0, 0.1) is 10.1 Å². The van der Waals surface area contributed by atoms with E-state index in [1.165, 1.54) is 0 Å². The van der Waals surface area contributed by atoms with Crippen molar-refractivity contribution < 1.29 is 19.4 Å². The van der Waals surface area contributed by atoms with E-state index >= 15 is 0 Å². The van der Waals surface area contributed by atoms with Gasteiger partial charge in [0.2, 0.25) is 0 Å². The van der Waals surface area contributed by atoms with E-state index in [2.05, 4.69) is 21.7 Å². The Kier molecular flexibility index (Phi) is 5.03. The summed E-state index contributed by atoms with van der Waals surface area (Å²) < 4.78 is 11.3. The minimum Gasteiger partial charge on any atom is -0.371 e. The summed E-state index contributed by atoms with van der Waals surface area (Å²) >= 11 is 0. The fourth-order valence-electron chi connectivity index (χ4n) is 3.11. The number of hydrogen-bond acceptors (Lipinski definition) is 7. The zero-order valence-electron chi connectivity index (χ0n) is 11.3. The van der Waals surface area contributed by atoms with E-state index in [4.69, 9.17) is 9.47 Å². The van der Waals surface area contributed by atoms with Crippen molar-refractivity contribution in [2.75, 3.05) is 46.4 Å². The van der Waals surface area contributed by atoms with Crippen molar-refractivity contribution in [2.45, 2.75) is 24.4 Å². The van der Waals surface area contributed by atoms with Crippen molar-refractivity contribution in [3.05, 3.63) is 10.1 Å². The van der Waals surface area contributed by atoms with Gasteiger partial charge in [-0.15, -0.1) is 22.5 Å². The summed E-state index contributed by atoms with van der Waals surface area (Å²) in [5.41, 5.74) is 0. The van der Waals surface area contributed by atoms with Gasteiger partial charge in [0.1, 0.15) is 12.2 Å². The Labute approximate surface area is 123 Å². The van der Waals surface area contributed by atoms with Crippen LogP contribution in [-0.2, 0) is 14.3 Å². The Bertz CT molecular complexity index is 353. The molecular weight excluding hydrogens is 290 g/mol. The SMILES string of the molecule is CN1CCN([C@H]2CO[C@H]3[C@@H]2OC[C@@H]3O[N+](=O)[O-])CC1.Cl. The minimum absolute atomic E-state index is 0. The summed E-state index contributed by atoms with van der Waals surface area (Å²) in [6.07, 6.45) is -0.999. The van der Waals surface area contributed by atoms with Gasteiger partial charge in [-0.1, -0.05) is 0 Å². The van der Waals surface area contributed by atoms with E-state index in [9.17, 15) is 10.1 Å². The van der Waals surface area contributed by atoms with Gasteiger partial charge in [-0.25, -0.2) is 0 Å². The lowest BCUT2D eigenvalue weighted by atomic mass is 10.1. The highest BCUT2D eigenvalue weighted by molar-refractivity contribution is 5.85. The largest absolute Gasteiger partial charge is 0.371 e. The molecule has 0 unspecified atom stereocenters. The third-order valence-corrected chi connectivity index (χ3v) is 4.21. The zero-order chi connectivity index (χ0) is 13.4. The number of halogens is 1. The first kappa shape index (κ1) is 15.7. The number of fused-ring (bicyclic) bond motifs is 1. The van der Waals surface area contributed by atoms with Crippen molar-refractivity contribution in [1.29, 1.82) is 0 Å². The lowest BCUT2D eigenvalue weighted by molar-refractivity contribution is -0.769. The maximum absolute atomic E-state index is 10.4. The fourth-order valence-corrected chi connectivity index (χ4v) is 3.11. The predicted molar refractivity (Wildman–Crippen MR) is 71.5 cm³/mol. The maximum Gasteiger partial charge on any atom is 0.294 e.